The highest BCUT2D eigenvalue weighted by molar-refractivity contribution is 5.22. The van der Waals surface area contributed by atoms with Crippen molar-refractivity contribution in [1.29, 1.82) is 0 Å². The SMILES string of the molecule is Cc1cccc(CN2CC(C)(C)NC(C)(C)C2)c1. The Hall–Kier alpha value is -0.860. The fraction of sp³-hybridized carbons (Fsp3) is 0.625. The highest BCUT2D eigenvalue weighted by Crippen LogP contribution is 2.22. The summed E-state index contributed by atoms with van der Waals surface area (Å²) in [6, 6.07) is 8.84. The van der Waals surface area contributed by atoms with E-state index in [0.29, 0.717) is 0 Å². The third-order valence-electron chi connectivity index (χ3n) is 3.40. The maximum absolute atomic E-state index is 3.72. The minimum Gasteiger partial charge on any atom is -0.304 e. The van der Waals surface area contributed by atoms with Crippen LogP contribution in [-0.4, -0.2) is 29.1 Å². The van der Waals surface area contributed by atoms with Gasteiger partial charge in [-0.3, -0.25) is 4.90 Å². The van der Waals surface area contributed by atoms with Crippen LogP contribution in [0.5, 0.6) is 0 Å². The molecular formula is C16H26N2. The molecule has 1 aliphatic heterocycles. The van der Waals surface area contributed by atoms with E-state index in [1.807, 2.05) is 0 Å². The lowest BCUT2D eigenvalue weighted by Crippen LogP contribution is -2.66. The summed E-state index contributed by atoms with van der Waals surface area (Å²) in [5.74, 6) is 0. The molecule has 0 unspecified atom stereocenters. The molecule has 2 heteroatoms. The minimum absolute atomic E-state index is 0.186. The van der Waals surface area contributed by atoms with Gasteiger partial charge in [0.1, 0.15) is 0 Å². The van der Waals surface area contributed by atoms with Gasteiger partial charge in [0.25, 0.3) is 0 Å². The van der Waals surface area contributed by atoms with Crippen LogP contribution in [0.25, 0.3) is 0 Å². The van der Waals surface area contributed by atoms with Gasteiger partial charge in [0.2, 0.25) is 0 Å². The predicted octanol–water partition coefficient (Wildman–Crippen LogP) is 2.96. The lowest BCUT2D eigenvalue weighted by Gasteiger charge is -2.48. The fourth-order valence-corrected chi connectivity index (χ4v) is 3.35. The first kappa shape index (κ1) is 13.6. The summed E-state index contributed by atoms with van der Waals surface area (Å²) in [6.07, 6.45) is 0. The topological polar surface area (TPSA) is 15.3 Å². The van der Waals surface area contributed by atoms with Crippen LogP contribution in [0.15, 0.2) is 24.3 Å². The van der Waals surface area contributed by atoms with E-state index in [0.717, 1.165) is 19.6 Å². The van der Waals surface area contributed by atoms with E-state index in [-0.39, 0.29) is 11.1 Å². The van der Waals surface area contributed by atoms with Gasteiger partial charge < -0.3 is 5.32 Å². The first-order chi connectivity index (χ1) is 8.26. The summed E-state index contributed by atoms with van der Waals surface area (Å²) in [5, 5.41) is 3.72. The van der Waals surface area contributed by atoms with Crippen LogP contribution in [-0.2, 0) is 6.54 Å². The normalized spacial score (nSPS) is 22.9. The maximum atomic E-state index is 3.72. The number of nitrogens with one attached hydrogen (secondary N) is 1. The van der Waals surface area contributed by atoms with E-state index in [2.05, 4.69) is 69.1 Å². The molecule has 18 heavy (non-hydrogen) atoms. The van der Waals surface area contributed by atoms with E-state index in [9.17, 15) is 0 Å². The average molecular weight is 246 g/mol. The highest BCUT2D eigenvalue weighted by atomic mass is 15.3. The Morgan fingerprint density at radius 2 is 1.72 bits per heavy atom. The van der Waals surface area contributed by atoms with Crippen LogP contribution in [0.4, 0.5) is 0 Å². The van der Waals surface area contributed by atoms with Crippen molar-refractivity contribution >= 4 is 0 Å². The highest BCUT2D eigenvalue weighted by Gasteiger charge is 2.36. The van der Waals surface area contributed by atoms with E-state index in [1.165, 1.54) is 11.1 Å². The lowest BCUT2D eigenvalue weighted by atomic mass is 9.91. The van der Waals surface area contributed by atoms with Crippen molar-refractivity contribution in [3.63, 3.8) is 0 Å². The Morgan fingerprint density at radius 1 is 1.11 bits per heavy atom. The standard InChI is InChI=1S/C16H26N2/c1-13-7-6-8-14(9-13)10-18-11-15(2,3)17-16(4,5)12-18/h6-9,17H,10-12H2,1-5H3. The second-order valence-corrected chi connectivity index (χ2v) is 7.03. The van der Waals surface area contributed by atoms with Gasteiger partial charge in [-0.05, 0) is 40.2 Å². The summed E-state index contributed by atoms with van der Waals surface area (Å²) >= 11 is 0. The molecule has 0 aliphatic carbocycles. The van der Waals surface area contributed by atoms with Crippen LogP contribution in [0.1, 0.15) is 38.8 Å². The van der Waals surface area contributed by atoms with Crippen LogP contribution >= 0.6 is 0 Å². The first-order valence-corrected chi connectivity index (χ1v) is 6.83. The Kier molecular flexibility index (Phi) is 3.52. The number of aryl methyl sites for hydroxylation is 1. The molecule has 1 saturated heterocycles. The largest absolute Gasteiger partial charge is 0.304 e. The number of nitrogens with zero attached hydrogens (tertiary/aromatic N) is 1. The Balaban J connectivity index is 2.09. The van der Waals surface area contributed by atoms with Crippen LogP contribution in [0.3, 0.4) is 0 Å². The number of benzene rings is 1. The molecular weight excluding hydrogens is 220 g/mol. The minimum atomic E-state index is 0.186. The Bertz CT molecular complexity index is 405. The van der Waals surface area contributed by atoms with Crippen molar-refractivity contribution < 1.29 is 0 Å². The molecule has 0 amide bonds. The predicted molar refractivity (Wildman–Crippen MR) is 77.7 cm³/mol. The smallest absolute Gasteiger partial charge is 0.0257 e. The summed E-state index contributed by atoms with van der Waals surface area (Å²) < 4.78 is 0. The fourth-order valence-electron chi connectivity index (χ4n) is 3.35. The molecule has 100 valence electrons. The number of hydrogen-bond donors (Lipinski definition) is 1. The molecule has 1 heterocycles. The van der Waals surface area contributed by atoms with Gasteiger partial charge >= 0.3 is 0 Å². The van der Waals surface area contributed by atoms with Crippen molar-refractivity contribution in [2.24, 2.45) is 0 Å². The van der Waals surface area contributed by atoms with E-state index >= 15 is 0 Å². The summed E-state index contributed by atoms with van der Waals surface area (Å²) in [4.78, 5) is 2.56. The molecule has 0 aromatic heterocycles. The third-order valence-corrected chi connectivity index (χ3v) is 3.40. The van der Waals surface area contributed by atoms with Crippen molar-refractivity contribution in [2.45, 2.75) is 52.2 Å². The number of rotatable bonds is 2. The Morgan fingerprint density at radius 3 is 2.28 bits per heavy atom. The molecule has 1 aromatic carbocycles. The van der Waals surface area contributed by atoms with Crippen LogP contribution in [0.2, 0.25) is 0 Å². The number of hydrogen-bond acceptors (Lipinski definition) is 2. The van der Waals surface area contributed by atoms with Gasteiger partial charge in [-0.1, -0.05) is 29.8 Å². The summed E-state index contributed by atoms with van der Waals surface area (Å²) in [6.45, 7) is 14.6. The third kappa shape index (κ3) is 3.56. The van der Waals surface area contributed by atoms with Gasteiger partial charge in [0.15, 0.2) is 0 Å². The van der Waals surface area contributed by atoms with E-state index < -0.39 is 0 Å². The van der Waals surface area contributed by atoms with Crippen molar-refractivity contribution in [2.75, 3.05) is 13.1 Å². The van der Waals surface area contributed by atoms with E-state index in [1.54, 1.807) is 0 Å². The zero-order chi connectivity index (χ0) is 13.4. The summed E-state index contributed by atoms with van der Waals surface area (Å²) in [7, 11) is 0. The van der Waals surface area contributed by atoms with Crippen molar-refractivity contribution in [1.82, 2.24) is 10.2 Å². The maximum Gasteiger partial charge on any atom is 0.0257 e. The number of piperazine rings is 1. The second kappa shape index (κ2) is 4.67. The molecule has 0 spiro atoms. The molecule has 0 atom stereocenters. The van der Waals surface area contributed by atoms with Gasteiger partial charge in [-0.2, -0.15) is 0 Å². The molecule has 1 fully saturated rings. The molecule has 0 bridgehead atoms. The van der Waals surface area contributed by atoms with Gasteiger partial charge in [-0.15, -0.1) is 0 Å². The average Bonchev–Trinajstić information content (AvgIpc) is 2.11. The van der Waals surface area contributed by atoms with Gasteiger partial charge in [-0.25, -0.2) is 0 Å². The lowest BCUT2D eigenvalue weighted by molar-refractivity contribution is 0.0728. The van der Waals surface area contributed by atoms with Gasteiger partial charge in [0.05, 0.1) is 0 Å². The monoisotopic (exact) mass is 246 g/mol. The molecule has 0 radical (unpaired) electrons. The first-order valence-electron chi connectivity index (χ1n) is 6.83. The molecule has 2 nitrogen and oxygen atoms in total. The van der Waals surface area contributed by atoms with Crippen molar-refractivity contribution in [3.8, 4) is 0 Å². The summed E-state index contributed by atoms with van der Waals surface area (Å²) in [5.41, 5.74) is 3.14. The Labute approximate surface area is 111 Å². The molecule has 0 saturated carbocycles. The van der Waals surface area contributed by atoms with Crippen LogP contribution < -0.4 is 5.32 Å². The zero-order valence-electron chi connectivity index (χ0n) is 12.4. The van der Waals surface area contributed by atoms with Gasteiger partial charge in [0, 0.05) is 30.7 Å². The van der Waals surface area contributed by atoms with E-state index in [4.69, 9.17) is 0 Å². The molecule has 1 N–H and O–H groups in total. The molecule has 2 rings (SSSR count). The zero-order valence-corrected chi connectivity index (χ0v) is 12.4. The van der Waals surface area contributed by atoms with Crippen LogP contribution in [0, 0.1) is 6.92 Å². The molecule has 1 aromatic rings. The second-order valence-electron chi connectivity index (χ2n) is 7.03. The van der Waals surface area contributed by atoms with Crippen molar-refractivity contribution in [3.05, 3.63) is 35.4 Å². The quantitative estimate of drug-likeness (QED) is 0.863. The molecule has 1 aliphatic rings.